The first-order valence-electron chi connectivity index (χ1n) is 8.58. The van der Waals surface area contributed by atoms with E-state index >= 15 is 0 Å². The molecule has 1 unspecified atom stereocenters. The van der Waals surface area contributed by atoms with Gasteiger partial charge in [-0.2, -0.15) is 0 Å². The molecular weight excluding hydrogens is 322 g/mol. The SMILES string of the molecule is COc1ccc(-c2cc(C(N)c3cccn3C)c3ccccc3n2)cc1. The monoisotopic (exact) mass is 343 g/mol. The van der Waals surface area contributed by atoms with E-state index in [1.54, 1.807) is 7.11 Å². The Morgan fingerprint density at radius 3 is 2.46 bits per heavy atom. The lowest BCUT2D eigenvalue weighted by molar-refractivity contribution is 0.415. The number of para-hydroxylation sites is 1. The molecule has 4 heteroatoms. The number of ether oxygens (including phenoxy) is 1. The maximum absolute atomic E-state index is 6.65. The minimum Gasteiger partial charge on any atom is -0.497 e. The zero-order chi connectivity index (χ0) is 18.1. The fraction of sp³-hybridized carbons (Fsp3) is 0.136. The average molecular weight is 343 g/mol. The van der Waals surface area contributed by atoms with E-state index in [0.29, 0.717) is 0 Å². The molecule has 0 aliphatic carbocycles. The van der Waals surface area contributed by atoms with Gasteiger partial charge < -0.3 is 15.0 Å². The predicted octanol–water partition coefficient (Wildman–Crippen LogP) is 4.30. The van der Waals surface area contributed by atoms with Crippen LogP contribution in [-0.4, -0.2) is 16.7 Å². The molecule has 4 nitrogen and oxygen atoms in total. The van der Waals surface area contributed by atoms with Gasteiger partial charge in [0, 0.05) is 29.9 Å². The van der Waals surface area contributed by atoms with Crippen molar-refractivity contribution < 1.29 is 4.74 Å². The first-order valence-corrected chi connectivity index (χ1v) is 8.58. The fourth-order valence-electron chi connectivity index (χ4n) is 3.33. The van der Waals surface area contributed by atoms with E-state index in [1.165, 1.54) is 0 Å². The average Bonchev–Trinajstić information content (AvgIpc) is 3.12. The maximum atomic E-state index is 6.65. The first-order chi connectivity index (χ1) is 12.7. The molecule has 2 aromatic heterocycles. The van der Waals surface area contributed by atoms with Gasteiger partial charge in [-0.3, -0.25) is 0 Å². The predicted molar refractivity (Wildman–Crippen MR) is 105 cm³/mol. The topological polar surface area (TPSA) is 53.1 Å². The van der Waals surface area contributed by atoms with E-state index < -0.39 is 0 Å². The molecule has 0 radical (unpaired) electrons. The molecule has 0 amide bonds. The van der Waals surface area contributed by atoms with Crippen LogP contribution in [-0.2, 0) is 7.05 Å². The molecule has 26 heavy (non-hydrogen) atoms. The van der Waals surface area contributed by atoms with Crippen molar-refractivity contribution in [3.8, 4) is 17.0 Å². The van der Waals surface area contributed by atoms with E-state index in [2.05, 4.69) is 22.8 Å². The third-order valence-corrected chi connectivity index (χ3v) is 4.77. The number of hydrogen-bond acceptors (Lipinski definition) is 3. The van der Waals surface area contributed by atoms with Gasteiger partial charge in [-0.05, 0) is 54.1 Å². The fourth-order valence-corrected chi connectivity index (χ4v) is 3.33. The number of rotatable bonds is 4. The van der Waals surface area contributed by atoms with E-state index in [4.69, 9.17) is 15.5 Å². The molecule has 2 aromatic carbocycles. The molecule has 2 heterocycles. The van der Waals surface area contributed by atoms with E-state index in [-0.39, 0.29) is 6.04 Å². The van der Waals surface area contributed by atoms with Gasteiger partial charge in [0.25, 0.3) is 0 Å². The molecule has 0 spiro atoms. The second-order valence-electron chi connectivity index (χ2n) is 6.36. The van der Waals surface area contributed by atoms with Crippen LogP contribution in [0.15, 0.2) is 72.9 Å². The number of methoxy groups -OCH3 is 1. The van der Waals surface area contributed by atoms with Crippen LogP contribution in [0.5, 0.6) is 5.75 Å². The first kappa shape index (κ1) is 16.4. The van der Waals surface area contributed by atoms with Crippen LogP contribution < -0.4 is 10.5 Å². The van der Waals surface area contributed by atoms with Crippen molar-refractivity contribution in [1.29, 1.82) is 0 Å². The van der Waals surface area contributed by atoms with Crippen LogP contribution in [0.3, 0.4) is 0 Å². The lowest BCUT2D eigenvalue weighted by Crippen LogP contribution is -2.16. The Morgan fingerprint density at radius 2 is 1.77 bits per heavy atom. The highest BCUT2D eigenvalue weighted by Crippen LogP contribution is 2.31. The van der Waals surface area contributed by atoms with Gasteiger partial charge in [0.05, 0.1) is 24.4 Å². The van der Waals surface area contributed by atoms with Gasteiger partial charge in [-0.15, -0.1) is 0 Å². The van der Waals surface area contributed by atoms with Crippen LogP contribution in [0.2, 0.25) is 0 Å². The molecule has 0 saturated carbocycles. The summed E-state index contributed by atoms with van der Waals surface area (Å²) in [5, 5.41) is 1.08. The molecule has 4 aromatic rings. The number of nitrogens with zero attached hydrogens (tertiary/aromatic N) is 2. The summed E-state index contributed by atoms with van der Waals surface area (Å²) in [4.78, 5) is 4.84. The number of hydrogen-bond donors (Lipinski definition) is 1. The Bertz CT molecular complexity index is 1050. The number of nitrogens with two attached hydrogens (primary N) is 1. The Balaban J connectivity index is 1.89. The lowest BCUT2D eigenvalue weighted by Gasteiger charge is -2.17. The van der Waals surface area contributed by atoms with E-state index in [0.717, 1.165) is 39.2 Å². The minimum atomic E-state index is -0.222. The second-order valence-corrected chi connectivity index (χ2v) is 6.36. The van der Waals surface area contributed by atoms with Gasteiger partial charge in [0.1, 0.15) is 5.75 Å². The van der Waals surface area contributed by atoms with Gasteiger partial charge in [0.2, 0.25) is 0 Å². The van der Waals surface area contributed by atoms with Crippen molar-refractivity contribution in [3.05, 3.63) is 84.2 Å². The van der Waals surface area contributed by atoms with Crippen molar-refractivity contribution in [2.24, 2.45) is 12.8 Å². The summed E-state index contributed by atoms with van der Waals surface area (Å²) in [7, 11) is 3.68. The Hall–Kier alpha value is -3.11. The summed E-state index contributed by atoms with van der Waals surface area (Å²) < 4.78 is 7.32. The Labute approximate surface area is 152 Å². The molecule has 2 N–H and O–H groups in total. The quantitative estimate of drug-likeness (QED) is 0.601. The number of aromatic nitrogens is 2. The standard InChI is InChI=1S/C22H21N3O/c1-25-13-5-8-21(25)22(23)18-14-20(15-9-11-16(26-2)12-10-15)24-19-7-4-3-6-17(18)19/h3-14,22H,23H2,1-2H3. The molecule has 0 aliphatic heterocycles. The summed E-state index contributed by atoms with van der Waals surface area (Å²) in [5.41, 5.74) is 11.7. The van der Waals surface area contributed by atoms with E-state index in [1.807, 2.05) is 61.8 Å². The number of pyridine rings is 1. The smallest absolute Gasteiger partial charge is 0.118 e. The lowest BCUT2D eigenvalue weighted by atomic mass is 9.97. The van der Waals surface area contributed by atoms with Gasteiger partial charge in [-0.1, -0.05) is 18.2 Å². The van der Waals surface area contributed by atoms with Crippen molar-refractivity contribution in [3.63, 3.8) is 0 Å². The van der Waals surface area contributed by atoms with Crippen LogP contribution in [0.4, 0.5) is 0 Å². The molecule has 0 bridgehead atoms. The summed E-state index contributed by atoms with van der Waals surface area (Å²) in [5.74, 6) is 0.829. The van der Waals surface area contributed by atoms with Crippen LogP contribution in [0.25, 0.3) is 22.2 Å². The van der Waals surface area contributed by atoms with Crippen LogP contribution in [0.1, 0.15) is 17.3 Å². The molecular formula is C22H21N3O. The molecule has 1 atom stereocenters. The zero-order valence-electron chi connectivity index (χ0n) is 14.9. The summed E-state index contributed by atoms with van der Waals surface area (Å²) in [6, 6.07) is 22.0. The molecule has 130 valence electrons. The minimum absolute atomic E-state index is 0.222. The Morgan fingerprint density at radius 1 is 1.00 bits per heavy atom. The van der Waals surface area contributed by atoms with Gasteiger partial charge in [-0.25, -0.2) is 4.98 Å². The number of fused-ring (bicyclic) bond motifs is 1. The van der Waals surface area contributed by atoms with E-state index in [9.17, 15) is 0 Å². The summed E-state index contributed by atoms with van der Waals surface area (Å²) in [6.07, 6.45) is 2.02. The van der Waals surface area contributed by atoms with Crippen molar-refractivity contribution in [1.82, 2.24) is 9.55 Å². The molecule has 0 aliphatic rings. The molecule has 4 rings (SSSR count). The highest BCUT2D eigenvalue weighted by atomic mass is 16.5. The molecule has 0 saturated heterocycles. The third kappa shape index (κ3) is 2.85. The normalized spacial score (nSPS) is 12.3. The third-order valence-electron chi connectivity index (χ3n) is 4.77. The van der Waals surface area contributed by atoms with Crippen molar-refractivity contribution in [2.75, 3.05) is 7.11 Å². The summed E-state index contributed by atoms with van der Waals surface area (Å²) in [6.45, 7) is 0. The number of aryl methyl sites for hydroxylation is 1. The largest absolute Gasteiger partial charge is 0.497 e. The van der Waals surface area contributed by atoms with Crippen molar-refractivity contribution in [2.45, 2.75) is 6.04 Å². The second kappa shape index (κ2) is 6.65. The van der Waals surface area contributed by atoms with Gasteiger partial charge in [0.15, 0.2) is 0 Å². The van der Waals surface area contributed by atoms with Crippen LogP contribution >= 0.6 is 0 Å². The maximum Gasteiger partial charge on any atom is 0.118 e. The summed E-state index contributed by atoms with van der Waals surface area (Å²) >= 11 is 0. The molecule has 0 fully saturated rings. The highest BCUT2D eigenvalue weighted by Gasteiger charge is 2.17. The number of benzene rings is 2. The van der Waals surface area contributed by atoms with Crippen LogP contribution in [0, 0.1) is 0 Å². The van der Waals surface area contributed by atoms with Gasteiger partial charge >= 0.3 is 0 Å². The Kier molecular flexibility index (Phi) is 4.19. The van der Waals surface area contributed by atoms with Crippen molar-refractivity contribution >= 4 is 10.9 Å². The zero-order valence-corrected chi connectivity index (χ0v) is 14.9. The highest BCUT2D eigenvalue weighted by molar-refractivity contribution is 5.86.